The number of rotatable bonds is 9. The SMILES string of the molecule is CCC(C)(C)C(=O)C(=O)N1CCCCC1C(=O)NCCCCc1ccccc1. The van der Waals surface area contributed by atoms with Gasteiger partial charge in [-0.25, -0.2) is 0 Å². The maximum atomic E-state index is 12.7. The van der Waals surface area contributed by atoms with Crippen molar-refractivity contribution in [2.45, 2.75) is 71.8 Å². The first-order valence-electron chi connectivity index (χ1n) is 10.5. The lowest BCUT2D eigenvalue weighted by atomic mass is 9.84. The third-order valence-electron chi connectivity index (χ3n) is 5.79. The van der Waals surface area contributed by atoms with Gasteiger partial charge in [0.1, 0.15) is 6.04 Å². The number of carbonyl (C=O) groups is 3. The van der Waals surface area contributed by atoms with Crippen LogP contribution >= 0.6 is 0 Å². The van der Waals surface area contributed by atoms with Crippen molar-refractivity contribution in [3.8, 4) is 0 Å². The second-order valence-electron chi connectivity index (χ2n) is 8.31. The molecule has 1 aliphatic rings. The lowest BCUT2D eigenvalue weighted by Gasteiger charge is -2.36. The van der Waals surface area contributed by atoms with E-state index in [1.165, 1.54) is 10.5 Å². The minimum Gasteiger partial charge on any atom is -0.354 e. The zero-order chi connectivity index (χ0) is 20.6. The summed E-state index contributed by atoms with van der Waals surface area (Å²) in [7, 11) is 0. The first kappa shape index (κ1) is 22.1. The monoisotopic (exact) mass is 386 g/mol. The van der Waals surface area contributed by atoms with Crippen molar-refractivity contribution in [3.05, 3.63) is 35.9 Å². The van der Waals surface area contributed by atoms with E-state index in [4.69, 9.17) is 0 Å². The number of Topliss-reactive ketones (excluding diaryl/α,β-unsaturated/α-hetero) is 1. The molecule has 1 aromatic rings. The van der Waals surface area contributed by atoms with Crippen LogP contribution in [0.4, 0.5) is 0 Å². The number of nitrogens with one attached hydrogen (secondary N) is 1. The summed E-state index contributed by atoms with van der Waals surface area (Å²) in [4.78, 5) is 39.5. The van der Waals surface area contributed by atoms with E-state index in [9.17, 15) is 14.4 Å². The van der Waals surface area contributed by atoms with E-state index in [1.807, 2.05) is 25.1 Å². The molecule has 28 heavy (non-hydrogen) atoms. The normalized spacial score (nSPS) is 17.2. The number of ketones is 1. The third-order valence-corrected chi connectivity index (χ3v) is 5.79. The number of benzene rings is 1. The number of hydrogen-bond acceptors (Lipinski definition) is 3. The Bertz CT molecular complexity index is 670. The Labute approximate surface area is 168 Å². The van der Waals surface area contributed by atoms with Crippen LogP contribution in [0.5, 0.6) is 0 Å². The summed E-state index contributed by atoms with van der Waals surface area (Å²) in [5.74, 6) is -1.02. The van der Waals surface area contributed by atoms with Gasteiger partial charge in [0, 0.05) is 18.5 Å². The van der Waals surface area contributed by atoms with Crippen LogP contribution in [0.1, 0.15) is 64.9 Å². The van der Waals surface area contributed by atoms with Crippen LogP contribution in [0.3, 0.4) is 0 Å². The van der Waals surface area contributed by atoms with Crippen LogP contribution in [0, 0.1) is 5.41 Å². The number of aryl methyl sites for hydroxylation is 1. The Hall–Kier alpha value is -2.17. The molecule has 0 radical (unpaired) electrons. The molecule has 1 saturated heterocycles. The number of amides is 2. The fraction of sp³-hybridized carbons (Fsp3) is 0.609. The Kier molecular flexibility index (Phi) is 8.21. The highest BCUT2D eigenvalue weighted by Gasteiger charge is 2.39. The van der Waals surface area contributed by atoms with Gasteiger partial charge in [-0.1, -0.05) is 51.1 Å². The smallest absolute Gasteiger partial charge is 0.291 e. The summed E-state index contributed by atoms with van der Waals surface area (Å²) < 4.78 is 0. The molecule has 5 nitrogen and oxygen atoms in total. The zero-order valence-electron chi connectivity index (χ0n) is 17.5. The van der Waals surface area contributed by atoms with E-state index in [1.54, 1.807) is 13.8 Å². The summed E-state index contributed by atoms with van der Waals surface area (Å²) in [6, 6.07) is 9.78. The first-order valence-corrected chi connectivity index (χ1v) is 10.5. The topological polar surface area (TPSA) is 66.5 Å². The van der Waals surface area contributed by atoms with E-state index in [-0.39, 0.29) is 5.91 Å². The molecule has 0 saturated carbocycles. The van der Waals surface area contributed by atoms with Crippen LogP contribution in [-0.4, -0.2) is 41.6 Å². The quantitative estimate of drug-likeness (QED) is 0.522. The maximum absolute atomic E-state index is 12.7. The summed E-state index contributed by atoms with van der Waals surface area (Å²) in [5, 5.41) is 2.97. The highest BCUT2D eigenvalue weighted by molar-refractivity contribution is 6.38. The van der Waals surface area contributed by atoms with Crippen molar-refractivity contribution >= 4 is 17.6 Å². The Balaban J connectivity index is 1.84. The van der Waals surface area contributed by atoms with Gasteiger partial charge in [-0.15, -0.1) is 0 Å². The number of piperidine rings is 1. The average Bonchev–Trinajstić information content (AvgIpc) is 2.73. The lowest BCUT2D eigenvalue weighted by molar-refractivity contribution is -0.153. The fourth-order valence-corrected chi connectivity index (χ4v) is 3.46. The van der Waals surface area contributed by atoms with Gasteiger partial charge >= 0.3 is 0 Å². The molecule has 0 aromatic heterocycles. The molecule has 0 bridgehead atoms. The van der Waals surface area contributed by atoms with Gasteiger partial charge in [-0.3, -0.25) is 14.4 Å². The van der Waals surface area contributed by atoms with Gasteiger partial charge in [-0.05, 0) is 50.5 Å². The molecule has 1 unspecified atom stereocenters. The lowest BCUT2D eigenvalue weighted by Crippen LogP contribution is -2.55. The predicted molar refractivity (Wildman–Crippen MR) is 111 cm³/mol. The maximum Gasteiger partial charge on any atom is 0.291 e. The standard InChI is InChI=1S/C23H34N2O3/c1-4-23(2,3)20(26)22(28)25-17-11-9-15-19(25)21(27)24-16-10-8-14-18-12-6-5-7-13-18/h5-7,12-13,19H,4,8-11,14-17H2,1-3H3,(H,24,27). The second kappa shape index (κ2) is 10.4. The molecule has 2 amide bonds. The van der Waals surface area contributed by atoms with Crippen molar-refractivity contribution in [1.29, 1.82) is 0 Å². The molecule has 2 rings (SSSR count). The number of likely N-dealkylation sites (tertiary alicyclic amines) is 1. The molecule has 0 aliphatic carbocycles. The molecule has 1 N–H and O–H groups in total. The first-order chi connectivity index (χ1) is 13.4. The van der Waals surface area contributed by atoms with E-state index >= 15 is 0 Å². The number of unbranched alkanes of at least 4 members (excludes halogenated alkanes) is 1. The van der Waals surface area contributed by atoms with Gasteiger partial charge < -0.3 is 10.2 Å². The summed E-state index contributed by atoms with van der Waals surface area (Å²) in [5.41, 5.74) is 0.613. The van der Waals surface area contributed by atoms with E-state index in [0.717, 1.165) is 32.1 Å². The fourth-order valence-electron chi connectivity index (χ4n) is 3.46. The van der Waals surface area contributed by atoms with E-state index in [2.05, 4.69) is 17.4 Å². The van der Waals surface area contributed by atoms with Crippen LogP contribution in [0.15, 0.2) is 30.3 Å². The molecular weight excluding hydrogens is 352 g/mol. The summed E-state index contributed by atoms with van der Waals surface area (Å²) in [6.07, 6.45) is 5.86. The van der Waals surface area contributed by atoms with Crippen LogP contribution in [-0.2, 0) is 20.8 Å². The minimum atomic E-state index is -0.688. The van der Waals surface area contributed by atoms with Crippen molar-refractivity contribution in [2.75, 3.05) is 13.1 Å². The Morgan fingerprint density at radius 2 is 1.82 bits per heavy atom. The molecule has 1 atom stereocenters. The second-order valence-corrected chi connectivity index (χ2v) is 8.31. The predicted octanol–water partition coefficient (Wildman–Crippen LogP) is 3.51. The molecule has 1 heterocycles. The number of hydrogen-bond donors (Lipinski definition) is 1. The Morgan fingerprint density at radius 3 is 2.50 bits per heavy atom. The zero-order valence-corrected chi connectivity index (χ0v) is 17.5. The van der Waals surface area contributed by atoms with Gasteiger partial charge in [0.2, 0.25) is 11.7 Å². The van der Waals surface area contributed by atoms with Crippen molar-refractivity contribution in [2.24, 2.45) is 5.41 Å². The molecular formula is C23H34N2O3. The van der Waals surface area contributed by atoms with E-state index < -0.39 is 23.1 Å². The van der Waals surface area contributed by atoms with Crippen molar-refractivity contribution in [3.63, 3.8) is 0 Å². The largest absolute Gasteiger partial charge is 0.354 e. The van der Waals surface area contributed by atoms with Crippen molar-refractivity contribution in [1.82, 2.24) is 10.2 Å². The van der Waals surface area contributed by atoms with Gasteiger partial charge in [0.15, 0.2) is 0 Å². The number of nitrogens with zero attached hydrogens (tertiary/aromatic N) is 1. The van der Waals surface area contributed by atoms with Gasteiger partial charge in [0.25, 0.3) is 5.91 Å². The molecule has 1 aliphatic heterocycles. The molecule has 1 fully saturated rings. The highest BCUT2D eigenvalue weighted by Crippen LogP contribution is 2.25. The highest BCUT2D eigenvalue weighted by atomic mass is 16.2. The summed E-state index contributed by atoms with van der Waals surface area (Å²) >= 11 is 0. The molecule has 0 spiro atoms. The molecule has 154 valence electrons. The molecule has 1 aromatic carbocycles. The average molecular weight is 387 g/mol. The van der Waals surface area contributed by atoms with Gasteiger partial charge in [-0.2, -0.15) is 0 Å². The Morgan fingerprint density at radius 1 is 1.11 bits per heavy atom. The van der Waals surface area contributed by atoms with Crippen LogP contribution in [0.2, 0.25) is 0 Å². The number of carbonyl (C=O) groups excluding carboxylic acids is 3. The van der Waals surface area contributed by atoms with E-state index in [0.29, 0.717) is 25.9 Å². The minimum absolute atomic E-state index is 0.130. The van der Waals surface area contributed by atoms with Gasteiger partial charge in [0.05, 0.1) is 0 Å². The van der Waals surface area contributed by atoms with Crippen molar-refractivity contribution < 1.29 is 14.4 Å². The van der Waals surface area contributed by atoms with Crippen LogP contribution < -0.4 is 5.32 Å². The third kappa shape index (κ3) is 5.91. The summed E-state index contributed by atoms with van der Waals surface area (Å²) in [6.45, 7) is 6.56. The molecule has 5 heteroatoms. The van der Waals surface area contributed by atoms with Crippen LogP contribution in [0.25, 0.3) is 0 Å².